The number of aromatic nitrogens is 1. The molecule has 0 saturated heterocycles. The monoisotopic (exact) mass is 398 g/mol. The molecule has 6 heteroatoms. The second kappa shape index (κ2) is 8.19. The summed E-state index contributed by atoms with van der Waals surface area (Å²) in [5.41, 5.74) is 2.74. The second-order valence-corrected chi connectivity index (χ2v) is 9.26. The van der Waals surface area contributed by atoms with Gasteiger partial charge in [0.25, 0.3) is 0 Å². The van der Waals surface area contributed by atoms with Gasteiger partial charge in [-0.15, -0.1) is 0 Å². The van der Waals surface area contributed by atoms with Crippen molar-refractivity contribution in [2.45, 2.75) is 44.0 Å². The van der Waals surface area contributed by atoms with Gasteiger partial charge in [0.2, 0.25) is 26.6 Å². The molecule has 0 bridgehead atoms. The fourth-order valence-electron chi connectivity index (χ4n) is 2.83. The van der Waals surface area contributed by atoms with Crippen LogP contribution in [-0.4, -0.2) is 19.9 Å². The SMILES string of the molecule is Cc1ccc(S(=O)(=O)c2nc(-c3ccccc3C)oc2NCCC(C)C)cc1. The number of oxazole rings is 1. The van der Waals surface area contributed by atoms with Crippen molar-refractivity contribution in [3.05, 3.63) is 59.7 Å². The molecule has 1 heterocycles. The summed E-state index contributed by atoms with van der Waals surface area (Å²) >= 11 is 0. The van der Waals surface area contributed by atoms with Gasteiger partial charge in [-0.1, -0.05) is 49.7 Å². The van der Waals surface area contributed by atoms with Gasteiger partial charge in [0.1, 0.15) is 0 Å². The Hall–Kier alpha value is -2.60. The van der Waals surface area contributed by atoms with Crippen LogP contribution in [0.2, 0.25) is 0 Å². The topological polar surface area (TPSA) is 72.2 Å². The normalized spacial score (nSPS) is 11.8. The zero-order valence-electron chi connectivity index (χ0n) is 16.7. The summed E-state index contributed by atoms with van der Waals surface area (Å²) in [4.78, 5) is 4.60. The van der Waals surface area contributed by atoms with Gasteiger partial charge in [-0.2, -0.15) is 4.98 Å². The highest BCUT2D eigenvalue weighted by Crippen LogP contribution is 2.33. The lowest BCUT2D eigenvalue weighted by Gasteiger charge is -2.08. The Morgan fingerprint density at radius 3 is 2.36 bits per heavy atom. The van der Waals surface area contributed by atoms with Crippen molar-refractivity contribution in [3.63, 3.8) is 0 Å². The lowest BCUT2D eigenvalue weighted by molar-refractivity contribution is 0.562. The molecule has 1 N–H and O–H groups in total. The zero-order chi connectivity index (χ0) is 20.3. The highest BCUT2D eigenvalue weighted by atomic mass is 32.2. The van der Waals surface area contributed by atoms with Gasteiger partial charge in [-0.3, -0.25) is 0 Å². The highest BCUT2D eigenvalue weighted by molar-refractivity contribution is 7.91. The summed E-state index contributed by atoms with van der Waals surface area (Å²) in [6.45, 7) is 8.70. The summed E-state index contributed by atoms with van der Waals surface area (Å²) in [5.74, 6) is 0.985. The first-order chi connectivity index (χ1) is 13.3. The molecule has 0 spiro atoms. The van der Waals surface area contributed by atoms with E-state index >= 15 is 0 Å². The molecule has 0 radical (unpaired) electrons. The maximum absolute atomic E-state index is 13.2. The van der Waals surface area contributed by atoms with E-state index in [-0.39, 0.29) is 15.8 Å². The summed E-state index contributed by atoms with van der Waals surface area (Å²) in [6.07, 6.45) is 0.893. The molecule has 3 rings (SSSR count). The van der Waals surface area contributed by atoms with E-state index in [1.165, 1.54) is 0 Å². The van der Waals surface area contributed by atoms with Crippen LogP contribution >= 0.6 is 0 Å². The molecule has 0 saturated carbocycles. The molecule has 0 aliphatic rings. The third-order valence-corrected chi connectivity index (χ3v) is 6.24. The van der Waals surface area contributed by atoms with E-state index in [4.69, 9.17) is 4.42 Å². The molecule has 0 aliphatic heterocycles. The number of nitrogens with one attached hydrogen (secondary N) is 1. The van der Waals surface area contributed by atoms with E-state index < -0.39 is 9.84 Å². The quantitative estimate of drug-likeness (QED) is 0.588. The number of hydrogen-bond acceptors (Lipinski definition) is 5. The van der Waals surface area contributed by atoms with Gasteiger partial charge in [0.15, 0.2) is 0 Å². The van der Waals surface area contributed by atoms with Crippen LogP contribution in [0.3, 0.4) is 0 Å². The maximum Gasteiger partial charge on any atom is 0.233 e. The van der Waals surface area contributed by atoms with E-state index in [1.54, 1.807) is 24.3 Å². The van der Waals surface area contributed by atoms with Crippen LogP contribution in [0, 0.1) is 19.8 Å². The molecular formula is C22H26N2O3S. The van der Waals surface area contributed by atoms with Crippen LogP contribution in [0.5, 0.6) is 0 Å². The van der Waals surface area contributed by atoms with Crippen molar-refractivity contribution in [1.29, 1.82) is 0 Å². The van der Waals surface area contributed by atoms with Crippen molar-refractivity contribution in [2.75, 3.05) is 11.9 Å². The second-order valence-electron chi connectivity index (χ2n) is 7.39. The fraction of sp³-hybridized carbons (Fsp3) is 0.318. The Balaban J connectivity index is 2.07. The number of nitrogens with zero attached hydrogens (tertiary/aromatic N) is 1. The molecule has 28 heavy (non-hydrogen) atoms. The third kappa shape index (κ3) is 4.28. The average molecular weight is 399 g/mol. The first kappa shape index (κ1) is 20.1. The van der Waals surface area contributed by atoms with Crippen LogP contribution in [0.25, 0.3) is 11.5 Å². The molecule has 0 atom stereocenters. The number of benzene rings is 2. The molecule has 1 aromatic heterocycles. The van der Waals surface area contributed by atoms with E-state index in [0.717, 1.165) is 23.1 Å². The van der Waals surface area contributed by atoms with E-state index in [1.807, 2.05) is 38.1 Å². The number of rotatable bonds is 7. The van der Waals surface area contributed by atoms with Crippen molar-refractivity contribution >= 4 is 15.7 Å². The molecule has 148 valence electrons. The molecular weight excluding hydrogens is 372 g/mol. The maximum atomic E-state index is 13.2. The third-order valence-electron chi connectivity index (χ3n) is 4.56. The fourth-order valence-corrected chi connectivity index (χ4v) is 4.11. The van der Waals surface area contributed by atoms with Gasteiger partial charge in [0.05, 0.1) is 4.90 Å². The van der Waals surface area contributed by atoms with Gasteiger partial charge < -0.3 is 9.73 Å². The Labute approximate surface area is 166 Å². The number of aryl methyl sites for hydroxylation is 2. The van der Waals surface area contributed by atoms with Crippen LogP contribution < -0.4 is 5.32 Å². The largest absolute Gasteiger partial charge is 0.419 e. The minimum atomic E-state index is -3.80. The van der Waals surface area contributed by atoms with E-state index in [9.17, 15) is 8.42 Å². The summed E-state index contributed by atoms with van der Waals surface area (Å²) in [5, 5.41) is 3.06. The number of hydrogen-bond donors (Lipinski definition) is 1. The standard InChI is InChI=1S/C22H26N2O3S/c1-15(2)13-14-23-21-22(28(25,26)18-11-9-16(3)10-12-18)24-20(27-21)19-8-6-5-7-17(19)4/h5-12,15,23H,13-14H2,1-4H3. The predicted octanol–water partition coefficient (Wildman–Crippen LogP) is 5.25. The minimum absolute atomic E-state index is 0.0710. The van der Waals surface area contributed by atoms with Crippen LogP contribution in [-0.2, 0) is 9.84 Å². The molecule has 0 amide bonds. The summed E-state index contributed by atoms with van der Waals surface area (Å²) in [7, 11) is -3.80. The summed E-state index contributed by atoms with van der Waals surface area (Å²) in [6, 6.07) is 14.4. The minimum Gasteiger partial charge on any atom is -0.419 e. The van der Waals surface area contributed by atoms with Crippen LogP contribution in [0.1, 0.15) is 31.4 Å². The molecule has 0 fully saturated rings. The molecule has 0 unspecified atom stereocenters. The van der Waals surface area contributed by atoms with Gasteiger partial charge >= 0.3 is 0 Å². The Kier molecular flexibility index (Phi) is 5.89. The lowest BCUT2D eigenvalue weighted by atomic mass is 10.1. The predicted molar refractivity (Wildman–Crippen MR) is 111 cm³/mol. The van der Waals surface area contributed by atoms with Gasteiger partial charge in [-0.25, -0.2) is 8.42 Å². The van der Waals surface area contributed by atoms with E-state index in [2.05, 4.69) is 24.1 Å². The zero-order valence-corrected chi connectivity index (χ0v) is 17.5. The molecule has 3 aromatic rings. The van der Waals surface area contributed by atoms with Crippen molar-refractivity contribution in [2.24, 2.45) is 5.92 Å². The first-order valence-corrected chi connectivity index (χ1v) is 10.9. The smallest absolute Gasteiger partial charge is 0.233 e. The van der Waals surface area contributed by atoms with Crippen LogP contribution in [0.4, 0.5) is 5.88 Å². The van der Waals surface area contributed by atoms with Gasteiger partial charge in [-0.05, 0) is 49.9 Å². The van der Waals surface area contributed by atoms with E-state index in [0.29, 0.717) is 18.4 Å². The van der Waals surface area contributed by atoms with Gasteiger partial charge in [0, 0.05) is 12.1 Å². The molecule has 0 aliphatic carbocycles. The number of sulfone groups is 1. The van der Waals surface area contributed by atoms with Crippen molar-refractivity contribution < 1.29 is 12.8 Å². The molecule has 2 aromatic carbocycles. The Morgan fingerprint density at radius 1 is 1.04 bits per heavy atom. The Bertz CT molecular complexity index is 1050. The first-order valence-electron chi connectivity index (χ1n) is 9.41. The summed E-state index contributed by atoms with van der Waals surface area (Å²) < 4.78 is 32.4. The highest BCUT2D eigenvalue weighted by Gasteiger charge is 2.28. The number of anilines is 1. The molecule has 5 nitrogen and oxygen atoms in total. The average Bonchev–Trinajstić information content (AvgIpc) is 3.07. The van der Waals surface area contributed by atoms with Crippen LogP contribution in [0.15, 0.2) is 62.9 Å². The van der Waals surface area contributed by atoms with Crippen molar-refractivity contribution in [3.8, 4) is 11.5 Å². The lowest BCUT2D eigenvalue weighted by Crippen LogP contribution is -2.09. The Morgan fingerprint density at radius 2 is 1.71 bits per heavy atom. The van der Waals surface area contributed by atoms with Crippen molar-refractivity contribution in [1.82, 2.24) is 4.98 Å².